The summed E-state index contributed by atoms with van der Waals surface area (Å²) in [6, 6.07) is 31.4. The van der Waals surface area contributed by atoms with Gasteiger partial charge < -0.3 is 0 Å². The van der Waals surface area contributed by atoms with Crippen LogP contribution in [0.4, 0.5) is 0 Å². The molecule has 0 aliphatic rings. The molecule has 4 aromatic carbocycles. The average Bonchev–Trinajstić information content (AvgIpc) is 2.96. The molecule has 2 atom stereocenters. The average molecular weight is 503 g/mol. The third-order valence-electron chi connectivity index (χ3n) is 8.14. The zero-order valence-electron chi connectivity index (χ0n) is 23.5. The number of allylic oxidation sites excluding steroid dienone is 3. The minimum absolute atomic E-state index is 0.611. The van der Waals surface area contributed by atoms with E-state index in [-0.39, 0.29) is 0 Å². The number of hydrogen-bond acceptors (Lipinski definition) is 0. The molecule has 4 aromatic rings. The van der Waals surface area contributed by atoms with Gasteiger partial charge in [0, 0.05) is 0 Å². The lowest BCUT2D eigenvalue weighted by Gasteiger charge is -2.17. The molecule has 0 radical (unpaired) electrons. The first-order chi connectivity index (χ1) is 18.8. The Balaban J connectivity index is 1.20. The van der Waals surface area contributed by atoms with E-state index in [0.29, 0.717) is 11.8 Å². The van der Waals surface area contributed by atoms with Crippen molar-refractivity contribution in [3.63, 3.8) is 0 Å². The van der Waals surface area contributed by atoms with Gasteiger partial charge in [-0.05, 0) is 95.9 Å². The molecule has 0 spiro atoms. The number of unbranched alkanes of at least 4 members (excludes halogenated alkanes) is 2. The van der Waals surface area contributed by atoms with Gasteiger partial charge in [0.1, 0.15) is 0 Å². The highest BCUT2D eigenvalue weighted by atomic mass is 14.2. The van der Waals surface area contributed by atoms with Crippen LogP contribution in [0.1, 0.15) is 88.2 Å². The zero-order chi connectivity index (χ0) is 26.4. The molecular weight excluding hydrogens is 456 g/mol. The van der Waals surface area contributed by atoms with Crippen molar-refractivity contribution >= 4 is 21.5 Å². The molecule has 198 valence electrons. The van der Waals surface area contributed by atoms with Gasteiger partial charge in [-0.25, -0.2) is 0 Å². The van der Waals surface area contributed by atoms with Gasteiger partial charge in [0.25, 0.3) is 0 Å². The van der Waals surface area contributed by atoms with Gasteiger partial charge in [0.2, 0.25) is 0 Å². The predicted octanol–water partition coefficient (Wildman–Crippen LogP) is 11.6. The standard InChI is InChI=1S/C38H46/c1-3-5-8-19-33(38-28-27-35-22-12-14-24-37(35)30-38)20-10-7-6-9-16-31(4-2)17-15-18-32-25-26-34-21-11-13-23-36(34)29-32/h4,6-7,11-14,21-31,33H,2-3,5,8-10,15-20H2,1H3/b7-6+. The lowest BCUT2D eigenvalue weighted by Crippen LogP contribution is -1.99. The van der Waals surface area contributed by atoms with E-state index in [4.69, 9.17) is 0 Å². The number of aryl methyl sites for hydroxylation is 1. The Bertz CT molecular complexity index is 1290. The largest absolute Gasteiger partial charge is 0.103 e. The summed E-state index contributed by atoms with van der Waals surface area (Å²) in [6.45, 7) is 6.43. The Kier molecular flexibility index (Phi) is 11.3. The fourth-order valence-electron chi connectivity index (χ4n) is 5.77. The van der Waals surface area contributed by atoms with Crippen LogP contribution < -0.4 is 0 Å². The quantitative estimate of drug-likeness (QED) is 0.106. The number of benzene rings is 4. The second kappa shape index (κ2) is 15.3. The molecule has 2 unspecified atom stereocenters. The van der Waals surface area contributed by atoms with Crippen LogP contribution in [-0.4, -0.2) is 0 Å². The van der Waals surface area contributed by atoms with E-state index in [1.165, 1.54) is 90.5 Å². The minimum atomic E-state index is 0.611. The van der Waals surface area contributed by atoms with Crippen molar-refractivity contribution in [1.29, 1.82) is 0 Å². The molecule has 0 aromatic heterocycles. The Morgan fingerprint density at radius 3 is 2.00 bits per heavy atom. The van der Waals surface area contributed by atoms with Gasteiger partial charge in [-0.15, -0.1) is 6.58 Å². The van der Waals surface area contributed by atoms with Crippen molar-refractivity contribution in [1.82, 2.24) is 0 Å². The first-order valence-corrected chi connectivity index (χ1v) is 15.0. The van der Waals surface area contributed by atoms with Crippen molar-refractivity contribution in [2.75, 3.05) is 0 Å². The monoisotopic (exact) mass is 502 g/mol. The molecule has 0 aliphatic heterocycles. The molecule has 0 aliphatic carbocycles. The predicted molar refractivity (Wildman–Crippen MR) is 169 cm³/mol. The summed E-state index contributed by atoms with van der Waals surface area (Å²) >= 11 is 0. The van der Waals surface area contributed by atoms with Crippen molar-refractivity contribution in [2.45, 2.75) is 83.5 Å². The smallest absolute Gasteiger partial charge is 0.0159 e. The molecule has 0 saturated carbocycles. The second-order valence-corrected chi connectivity index (χ2v) is 11.0. The molecular formula is C38H46. The van der Waals surface area contributed by atoms with Crippen molar-refractivity contribution in [2.24, 2.45) is 5.92 Å². The van der Waals surface area contributed by atoms with Crippen LogP contribution in [0, 0.1) is 5.92 Å². The van der Waals surface area contributed by atoms with Gasteiger partial charge >= 0.3 is 0 Å². The lowest BCUT2D eigenvalue weighted by molar-refractivity contribution is 0.526. The number of fused-ring (bicyclic) bond motifs is 2. The maximum Gasteiger partial charge on any atom is -0.0159 e. The summed E-state index contributed by atoms with van der Waals surface area (Å²) in [5.41, 5.74) is 2.97. The summed E-state index contributed by atoms with van der Waals surface area (Å²) in [4.78, 5) is 0. The van der Waals surface area contributed by atoms with Crippen LogP contribution in [-0.2, 0) is 6.42 Å². The maximum absolute atomic E-state index is 4.13. The van der Waals surface area contributed by atoms with E-state index in [1.807, 2.05) is 0 Å². The molecule has 0 amide bonds. The zero-order valence-corrected chi connectivity index (χ0v) is 23.5. The molecule has 38 heavy (non-hydrogen) atoms. The van der Waals surface area contributed by atoms with Crippen molar-refractivity contribution in [3.8, 4) is 0 Å². The van der Waals surface area contributed by atoms with Gasteiger partial charge in [-0.3, -0.25) is 0 Å². The highest BCUT2D eigenvalue weighted by Gasteiger charge is 2.11. The summed E-state index contributed by atoms with van der Waals surface area (Å²) in [5.74, 6) is 1.27. The molecule has 0 nitrogen and oxygen atoms in total. The molecule has 0 bridgehead atoms. The fourth-order valence-corrected chi connectivity index (χ4v) is 5.77. The third-order valence-corrected chi connectivity index (χ3v) is 8.14. The lowest BCUT2D eigenvalue weighted by atomic mass is 9.88. The van der Waals surface area contributed by atoms with Crippen LogP contribution in [0.25, 0.3) is 21.5 Å². The van der Waals surface area contributed by atoms with E-state index >= 15 is 0 Å². The van der Waals surface area contributed by atoms with Gasteiger partial charge in [0.15, 0.2) is 0 Å². The van der Waals surface area contributed by atoms with Crippen LogP contribution in [0.3, 0.4) is 0 Å². The topological polar surface area (TPSA) is 0 Å². The van der Waals surface area contributed by atoms with Crippen LogP contribution in [0.15, 0.2) is 110 Å². The normalized spacial score (nSPS) is 13.3. The Labute approximate surface area is 231 Å². The number of rotatable bonds is 16. The van der Waals surface area contributed by atoms with Crippen molar-refractivity contribution < 1.29 is 0 Å². The van der Waals surface area contributed by atoms with Gasteiger partial charge in [0.05, 0.1) is 0 Å². The third kappa shape index (κ3) is 8.45. The van der Waals surface area contributed by atoms with Crippen LogP contribution >= 0.6 is 0 Å². The van der Waals surface area contributed by atoms with Gasteiger partial charge in [-0.1, -0.05) is 129 Å². The first kappa shape index (κ1) is 27.9. The molecule has 0 N–H and O–H groups in total. The van der Waals surface area contributed by atoms with E-state index in [9.17, 15) is 0 Å². The van der Waals surface area contributed by atoms with Gasteiger partial charge in [-0.2, -0.15) is 0 Å². The molecule has 0 saturated heterocycles. The molecule has 0 heteroatoms. The maximum atomic E-state index is 4.13. The molecule has 4 rings (SSSR count). The first-order valence-electron chi connectivity index (χ1n) is 15.0. The Hall–Kier alpha value is -3.12. The Morgan fingerprint density at radius 2 is 1.29 bits per heavy atom. The summed E-state index contributed by atoms with van der Waals surface area (Å²) < 4.78 is 0. The van der Waals surface area contributed by atoms with Crippen LogP contribution in [0.2, 0.25) is 0 Å². The van der Waals surface area contributed by atoms with Crippen LogP contribution in [0.5, 0.6) is 0 Å². The number of hydrogen-bond donors (Lipinski definition) is 0. The van der Waals surface area contributed by atoms with Crippen molar-refractivity contribution in [3.05, 3.63) is 121 Å². The van der Waals surface area contributed by atoms with E-state index in [0.717, 1.165) is 12.8 Å². The minimum Gasteiger partial charge on any atom is -0.103 e. The van der Waals surface area contributed by atoms with E-state index in [2.05, 4.69) is 117 Å². The van der Waals surface area contributed by atoms with E-state index in [1.54, 1.807) is 0 Å². The summed E-state index contributed by atoms with van der Waals surface area (Å²) in [7, 11) is 0. The second-order valence-electron chi connectivity index (χ2n) is 11.0. The molecule has 0 fully saturated rings. The summed E-state index contributed by atoms with van der Waals surface area (Å²) in [6.07, 6.45) is 20.7. The fraction of sp³-hybridized carbons (Fsp3) is 0.368. The highest BCUT2D eigenvalue weighted by Crippen LogP contribution is 2.30. The molecule has 0 heterocycles. The van der Waals surface area contributed by atoms with E-state index < -0.39 is 0 Å². The summed E-state index contributed by atoms with van der Waals surface area (Å²) in [5, 5.41) is 5.40. The Morgan fingerprint density at radius 1 is 0.632 bits per heavy atom. The SMILES string of the molecule is C=CC(CC/C=C/CCC(CCCCC)c1ccc2ccccc2c1)CCCc1ccc2ccccc2c1. The highest BCUT2D eigenvalue weighted by molar-refractivity contribution is 5.83.